The Bertz CT molecular complexity index is 473. The number of rotatable bonds is 3. The van der Waals surface area contributed by atoms with E-state index in [1.54, 1.807) is 13.2 Å². The molecule has 5 nitrogen and oxygen atoms in total. The summed E-state index contributed by atoms with van der Waals surface area (Å²) >= 11 is 3.36. The van der Waals surface area contributed by atoms with Crippen LogP contribution in [0.25, 0.3) is 0 Å². The van der Waals surface area contributed by atoms with Crippen LogP contribution in [-0.2, 0) is 7.05 Å². The highest BCUT2D eigenvalue weighted by Crippen LogP contribution is 2.28. The van der Waals surface area contributed by atoms with Gasteiger partial charge >= 0.3 is 0 Å². The van der Waals surface area contributed by atoms with Gasteiger partial charge in [0.05, 0.1) is 11.9 Å². The predicted molar refractivity (Wildman–Crippen MR) is 73.8 cm³/mol. The van der Waals surface area contributed by atoms with Gasteiger partial charge in [0.2, 0.25) is 0 Å². The molecule has 2 rings (SSSR count). The van der Waals surface area contributed by atoms with E-state index in [0.29, 0.717) is 10.4 Å². The lowest BCUT2D eigenvalue weighted by atomic mass is 9.95. The standard InChI is InChI=1S/C12H18BrN3O2/c1-15-12(18)11(13)10(7-14-15)16-5-2-3-9(8-16)4-6-17/h7,9,17H,2-6,8H2,1H3/t9-/m1/s1. The third kappa shape index (κ3) is 2.75. The van der Waals surface area contributed by atoms with Gasteiger partial charge in [-0.25, -0.2) is 4.68 Å². The highest BCUT2D eigenvalue weighted by atomic mass is 79.9. The minimum atomic E-state index is -0.114. The molecule has 0 aliphatic carbocycles. The molecule has 1 aromatic heterocycles. The molecule has 1 fully saturated rings. The summed E-state index contributed by atoms with van der Waals surface area (Å²) in [7, 11) is 1.64. The fourth-order valence-electron chi connectivity index (χ4n) is 2.42. The summed E-state index contributed by atoms with van der Waals surface area (Å²) < 4.78 is 1.90. The van der Waals surface area contributed by atoms with E-state index >= 15 is 0 Å². The van der Waals surface area contributed by atoms with Gasteiger partial charge in [-0.1, -0.05) is 0 Å². The largest absolute Gasteiger partial charge is 0.396 e. The van der Waals surface area contributed by atoms with E-state index in [0.717, 1.165) is 38.0 Å². The molecule has 1 aromatic rings. The molecular formula is C12H18BrN3O2. The number of halogens is 1. The van der Waals surface area contributed by atoms with Gasteiger partial charge in [0.15, 0.2) is 0 Å². The first-order chi connectivity index (χ1) is 8.63. The third-order valence-corrected chi connectivity index (χ3v) is 4.20. The summed E-state index contributed by atoms with van der Waals surface area (Å²) in [5, 5.41) is 13.1. The molecule has 1 atom stereocenters. The smallest absolute Gasteiger partial charge is 0.282 e. The number of anilines is 1. The van der Waals surface area contributed by atoms with Crippen molar-refractivity contribution in [1.29, 1.82) is 0 Å². The molecule has 1 aliphatic rings. The Kier molecular flexibility index (Phi) is 4.40. The van der Waals surface area contributed by atoms with Gasteiger partial charge in [-0.2, -0.15) is 5.10 Å². The van der Waals surface area contributed by atoms with Gasteiger partial charge < -0.3 is 10.0 Å². The van der Waals surface area contributed by atoms with E-state index < -0.39 is 0 Å². The molecule has 18 heavy (non-hydrogen) atoms. The molecule has 0 radical (unpaired) electrons. The second-order valence-corrected chi connectivity index (χ2v) is 5.53. The van der Waals surface area contributed by atoms with Crippen molar-refractivity contribution in [3.8, 4) is 0 Å². The van der Waals surface area contributed by atoms with Crippen molar-refractivity contribution in [3.05, 3.63) is 21.0 Å². The van der Waals surface area contributed by atoms with Crippen LogP contribution in [0.1, 0.15) is 19.3 Å². The van der Waals surface area contributed by atoms with Gasteiger partial charge in [0.25, 0.3) is 5.56 Å². The summed E-state index contributed by atoms with van der Waals surface area (Å²) in [4.78, 5) is 14.0. The van der Waals surface area contributed by atoms with Crippen molar-refractivity contribution in [2.75, 3.05) is 24.6 Å². The van der Waals surface area contributed by atoms with Crippen LogP contribution in [0.3, 0.4) is 0 Å². The van der Waals surface area contributed by atoms with Gasteiger partial charge in [0, 0.05) is 26.7 Å². The molecule has 0 aromatic carbocycles. The van der Waals surface area contributed by atoms with Crippen LogP contribution in [0, 0.1) is 5.92 Å². The van der Waals surface area contributed by atoms with Crippen molar-refractivity contribution < 1.29 is 5.11 Å². The average molecular weight is 316 g/mol. The van der Waals surface area contributed by atoms with Crippen LogP contribution in [0.5, 0.6) is 0 Å². The Hall–Kier alpha value is -0.880. The van der Waals surface area contributed by atoms with Crippen molar-refractivity contribution in [2.45, 2.75) is 19.3 Å². The van der Waals surface area contributed by atoms with E-state index in [1.165, 1.54) is 4.68 Å². The Morgan fingerprint density at radius 2 is 2.39 bits per heavy atom. The van der Waals surface area contributed by atoms with Gasteiger partial charge in [-0.05, 0) is 41.1 Å². The molecule has 1 saturated heterocycles. The van der Waals surface area contributed by atoms with E-state index in [2.05, 4.69) is 25.9 Å². The van der Waals surface area contributed by atoms with E-state index in [-0.39, 0.29) is 12.2 Å². The van der Waals surface area contributed by atoms with Crippen LogP contribution < -0.4 is 10.5 Å². The number of aryl methyl sites for hydroxylation is 1. The SMILES string of the molecule is Cn1ncc(N2CCC[C@H](CCO)C2)c(Br)c1=O. The number of hydrogen-bond donors (Lipinski definition) is 1. The molecule has 0 bridgehead atoms. The number of nitrogens with zero attached hydrogens (tertiary/aromatic N) is 3. The maximum Gasteiger partial charge on any atom is 0.282 e. The van der Waals surface area contributed by atoms with Crippen molar-refractivity contribution in [1.82, 2.24) is 9.78 Å². The molecule has 1 aliphatic heterocycles. The van der Waals surface area contributed by atoms with Gasteiger partial charge in [-0.15, -0.1) is 0 Å². The summed E-state index contributed by atoms with van der Waals surface area (Å²) in [5.41, 5.74) is 0.748. The first-order valence-corrected chi connectivity index (χ1v) is 7.00. The molecule has 0 amide bonds. The maximum atomic E-state index is 11.8. The summed E-state index contributed by atoms with van der Waals surface area (Å²) in [6, 6.07) is 0. The fraction of sp³-hybridized carbons (Fsp3) is 0.667. The van der Waals surface area contributed by atoms with E-state index in [1.807, 2.05) is 0 Å². The lowest BCUT2D eigenvalue weighted by molar-refractivity contribution is 0.244. The Morgan fingerprint density at radius 3 is 3.11 bits per heavy atom. The highest BCUT2D eigenvalue weighted by Gasteiger charge is 2.22. The summed E-state index contributed by atoms with van der Waals surface area (Å²) in [6.07, 6.45) is 4.79. The Morgan fingerprint density at radius 1 is 1.61 bits per heavy atom. The zero-order chi connectivity index (χ0) is 13.1. The molecule has 0 spiro atoms. The van der Waals surface area contributed by atoms with Crippen LogP contribution in [0.2, 0.25) is 0 Å². The highest BCUT2D eigenvalue weighted by molar-refractivity contribution is 9.10. The monoisotopic (exact) mass is 315 g/mol. The molecule has 1 N–H and O–H groups in total. The molecule has 6 heteroatoms. The quantitative estimate of drug-likeness (QED) is 0.909. The minimum absolute atomic E-state index is 0.114. The molecule has 0 saturated carbocycles. The van der Waals surface area contributed by atoms with Crippen LogP contribution >= 0.6 is 15.9 Å². The lowest BCUT2D eigenvalue weighted by Gasteiger charge is -2.34. The second kappa shape index (κ2) is 5.84. The van der Waals surface area contributed by atoms with Gasteiger partial charge in [-0.3, -0.25) is 4.79 Å². The molecule has 2 heterocycles. The van der Waals surface area contributed by atoms with Crippen molar-refractivity contribution >= 4 is 21.6 Å². The van der Waals surface area contributed by atoms with Crippen LogP contribution in [-0.4, -0.2) is 34.6 Å². The second-order valence-electron chi connectivity index (χ2n) is 4.74. The number of piperidine rings is 1. The zero-order valence-electron chi connectivity index (χ0n) is 10.5. The first-order valence-electron chi connectivity index (χ1n) is 6.21. The maximum absolute atomic E-state index is 11.8. The average Bonchev–Trinajstić information content (AvgIpc) is 2.37. The zero-order valence-corrected chi connectivity index (χ0v) is 12.1. The van der Waals surface area contributed by atoms with Crippen LogP contribution in [0.4, 0.5) is 5.69 Å². The van der Waals surface area contributed by atoms with E-state index in [4.69, 9.17) is 5.11 Å². The topological polar surface area (TPSA) is 58.4 Å². The molecule has 100 valence electrons. The first kappa shape index (κ1) is 13.5. The summed E-state index contributed by atoms with van der Waals surface area (Å²) in [6.45, 7) is 2.05. The Labute approximate surface area is 115 Å². The molecular weight excluding hydrogens is 298 g/mol. The van der Waals surface area contributed by atoms with Gasteiger partial charge in [0.1, 0.15) is 4.47 Å². The number of aliphatic hydroxyl groups excluding tert-OH is 1. The third-order valence-electron chi connectivity index (χ3n) is 3.46. The minimum Gasteiger partial charge on any atom is -0.396 e. The lowest BCUT2D eigenvalue weighted by Crippen LogP contribution is -2.37. The Balaban J connectivity index is 2.21. The van der Waals surface area contributed by atoms with Crippen molar-refractivity contribution in [2.24, 2.45) is 13.0 Å². The van der Waals surface area contributed by atoms with Crippen molar-refractivity contribution in [3.63, 3.8) is 0 Å². The predicted octanol–water partition coefficient (Wildman–Crippen LogP) is 1.14. The number of hydrogen-bond acceptors (Lipinski definition) is 4. The number of aromatic nitrogens is 2. The number of aliphatic hydroxyl groups is 1. The molecule has 0 unspecified atom stereocenters. The van der Waals surface area contributed by atoms with E-state index in [9.17, 15) is 4.79 Å². The van der Waals surface area contributed by atoms with Crippen LogP contribution in [0.15, 0.2) is 15.5 Å². The fourth-order valence-corrected chi connectivity index (χ4v) is 3.03. The summed E-state index contributed by atoms with van der Waals surface area (Å²) in [5.74, 6) is 0.500. The normalized spacial score (nSPS) is 20.2.